The molecular formula is C15H26ClN3O2. The van der Waals surface area contributed by atoms with Gasteiger partial charge in [0.05, 0.1) is 48.3 Å². The largest absolute Gasteiger partial charge is 0.383 e. The second-order valence-corrected chi connectivity index (χ2v) is 6.25. The SMILES string of the molecule is CNC(c1c(Cl)cnn1CCOC)C1C(C)OC(C)C1C. The monoisotopic (exact) mass is 315 g/mol. The zero-order chi connectivity index (χ0) is 15.6. The van der Waals surface area contributed by atoms with E-state index in [1.165, 1.54) is 0 Å². The molecule has 5 unspecified atom stereocenters. The number of hydrogen-bond donors (Lipinski definition) is 1. The lowest BCUT2D eigenvalue weighted by atomic mass is 9.82. The molecule has 0 bridgehead atoms. The number of hydrogen-bond acceptors (Lipinski definition) is 4. The number of nitrogens with one attached hydrogen (secondary N) is 1. The Kier molecular flexibility index (Phi) is 5.66. The van der Waals surface area contributed by atoms with Crippen LogP contribution in [0.5, 0.6) is 0 Å². The molecule has 5 nitrogen and oxygen atoms in total. The van der Waals surface area contributed by atoms with Gasteiger partial charge in [0.15, 0.2) is 0 Å². The summed E-state index contributed by atoms with van der Waals surface area (Å²) in [7, 11) is 3.66. The Morgan fingerprint density at radius 1 is 1.43 bits per heavy atom. The number of rotatable bonds is 6. The molecule has 1 aliphatic heterocycles. The Labute approximate surface area is 131 Å². The maximum absolute atomic E-state index is 6.40. The van der Waals surface area contributed by atoms with Gasteiger partial charge in [-0.3, -0.25) is 4.68 Å². The molecule has 0 aliphatic carbocycles. The molecule has 120 valence electrons. The summed E-state index contributed by atoms with van der Waals surface area (Å²) in [4.78, 5) is 0. The molecule has 1 aromatic heterocycles. The van der Waals surface area contributed by atoms with Crippen LogP contribution < -0.4 is 5.32 Å². The third-order valence-electron chi connectivity index (χ3n) is 4.65. The van der Waals surface area contributed by atoms with Gasteiger partial charge in [-0.25, -0.2) is 0 Å². The molecule has 6 heteroatoms. The molecule has 1 aliphatic rings. The van der Waals surface area contributed by atoms with Crippen LogP contribution in [0.4, 0.5) is 0 Å². The minimum absolute atomic E-state index is 0.117. The second-order valence-electron chi connectivity index (χ2n) is 5.84. The molecule has 21 heavy (non-hydrogen) atoms. The molecule has 1 fully saturated rings. The number of ether oxygens (including phenoxy) is 2. The van der Waals surface area contributed by atoms with Crippen molar-refractivity contribution in [3.05, 3.63) is 16.9 Å². The van der Waals surface area contributed by atoms with E-state index in [-0.39, 0.29) is 18.2 Å². The second kappa shape index (κ2) is 7.09. The highest BCUT2D eigenvalue weighted by molar-refractivity contribution is 6.31. The van der Waals surface area contributed by atoms with Gasteiger partial charge in [-0.1, -0.05) is 18.5 Å². The first kappa shape index (κ1) is 16.7. The summed E-state index contributed by atoms with van der Waals surface area (Å²) in [6.07, 6.45) is 2.16. The maximum Gasteiger partial charge on any atom is 0.0834 e. The average molecular weight is 316 g/mol. The highest BCUT2D eigenvalue weighted by Crippen LogP contribution is 2.41. The lowest BCUT2D eigenvalue weighted by Gasteiger charge is -2.29. The number of aromatic nitrogens is 2. The Balaban J connectivity index is 2.31. The van der Waals surface area contributed by atoms with Crippen LogP contribution in [0.2, 0.25) is 5.02 Å². The molecule has 2 rings (SSSR count). The topological polar surface area (TPSA) is 48.3 Å². The molecule has 0 radical (unpaired) electrons. The van der Waals surface area contributed by atoms with E-state index in [9.17, 15) is 0 Å². The first-order valence-corrected chi connectivity index (χ1v) is 7.91. The summed E-state index contributed by atoms with van der Waals surface area (Å²) in [6, 6.07) is 0.117. The summed E-state index contributed by atoms with van der Waals surface area (Å²) >= 11 is 6.40. The van der Waals surface area contributed by atoms with Crippen molar-refractivity contribution in [2.24, 2.45) is 11.8 Å². The maximum atomic E-state index is 6.40. The van der Waals surface area contributed by atoms with Crippen molar-refractivity contribution in [1.29, 1.82) is 0 Å². The molecule has 1 N–H and O–H groups in total. The van der Waals surface area contributed by atoms with Crippen molar-refractivity contribution in [2.45, 2.75) is 45.6 Å². The van der Waals surface area contributed by atoms with Crippen LogP contribution in [0, 0.1) is 11.8 Å². The number of nitrogens with zero attached hydrogens (tertiary/aromatic N) is 2. The first-order valence-electron chi connectivity index (χ1n) is 7.54. The highest BCUT2D eigenvalue weighted by atomic mass is 35.5. The fourth-order valence-corrected chi connectivity index (χ4v) is 3.68. The molecule has 0 saturated carbocycles. The van der Waals surface area contributed by atoms with Crippen LogP contribution in [0.3, 0.4) is 0 Å². The van der Waals surface area contributed by atoms with Crippen LogP contribution >= 0.6 is 11.6 Å². The van der Waals surface area contributed by atoms with Gasteiger partial charge >= 0.3 is 0 Å². The van der Waals surface area contributed by atoms with Gasteiger partial charge in [-0.15, -0.1) is 0 Å². The molecular weight excluding hydrogens is 290 g/mol. The van der Waals surface area contributed by atoms with Crippen LogP contribution in [0.25, 0.3) is 0 Å². The quantitative estimate of drug-likeness (QED) is 0.876. The normalized spacial score (nSPS) is 30.8. The van der Waals surface area contributed by atoms with Crippen LogP contribution in [0.15, 0.2) is 6.20 Å². The Morgan fingerprint density at radius 3 is 2.67 bits per heavy atom. The smallest absolute Gasteiger partial charge is 0.0834 e. The van der Waals surface area contributed by atoms with Crippen LogP contribution in [-0.4, -0.2) is 42.8 Å². The minimum atomic E-state index is 0.117. The molecule has 0 aromatic carbocycles. The van der Waals surface area contributed by atoms with E-state index in [0.29, 0.717) is 30.0 Å². The predicted octanol–water partition coefficient (Wildman–Crippen LogP) is 2.50. The fraction of sp³-hybridized carbons (Fsp3) is 0.800. The Bertz CT molecular complexity index is 466. The number of halogens is 1. The third-order valence-corrected chi connectivity index (χ3v) is 4.94. The van der Waals surface area contributed by atoms with Crippen LogP contribution in [0.1, 0.15) is 32.5 Å². The highest BCUT2D eigenvalue weighted by Gasteiger charge is 2.43. The van der Waals surface area contributed by atoms with E-state index in [1.54, 1.807) is 13.3 Å². The molecule has 0 amide bonds. The van der Waals surface area contributed by atoms with Crippen molar-refractivity contribution in [2.75, 3.05) is 20.8 Å². The third kappa shape index (κ3) is 3.26. The van der Waals surface area contributed by atoms with E-state index in [4.69, 9.17) is 21.1 Å². The molecule has 5 atom stereocenters. The van der Waals surface area contributed by atoms with Gasteiger partial charge in [0, 0.05) is 13.0 Å². The standard InChI is InChI=1S/C15H26ClN3O2/c1-9-10(2)21-11(3)13(9)14(17-4)15-12(16)8-18-19(15)6-7-20-5/h8-11,13-14,17H,6-7H2,1-5H3. The van der Waals surface area contributed by atoms with Crippen molar-refractivity contribution in [1.82, 2.24) is 15.1 Å². The van der Waals surface area contributed by atoms with E-state index < -0.39 is 0 Å². The Morgan fingerprint density at radius 2 is 2.14 bits per heavy atom. The summed E-state index contributed by atoms with van der Waals surface area (Å²) in [5, 5.41) is 8.50. The van der Waals surface area contributed by atoms with Gasteiger partial charge in [-0.2, -0.15) is 5.10 Å². The van der Waals surface area contributed by atoms with Gasteiger partial charge in [-0.05, 0) is 26.8 Å². The average Bonchev–Trinajstić information content (AvgIpc) is 2.93. The van der Waals surface area contributed by atoms with Crippen molar-refractivity contribution in [3.8, 4) is 0 Å². The van der Waals surface area contributed by atoms with Crippen LogP contribution in [-0.2, 0) is 16.0 Å². The minimum Gasteiger partial charge on any atom is -0.383 e. The first-order chi connectivity index (χ1) is 10.0. The van der Waals surface area contributed by atoms with Gasteiger partial charge in [0.25, 0.3) is 0 Å². The molecule has 1 aromatic rings. The predicted molar refractivity (Wildman–Crippen MR) is 83.6 cm³/mol. The van der Waals surface area contributed by atoms with Gasteiger partial charge in [0.2, 0.25) is 0 Å². The van der Waals surface area contributed by atoms with Gasteiger partial charge in [0.1, 0.15) is 0 Å². The summed E-state index contributed by atoms with van der Waals surface area (Å²) < 4.78 is 13.1. The van der Waals surface area contributed by atoms with E-state index in [2.05, 4.69) is 31.2 Å². The zero-order valence-electron chi connectivity index (χ0n) is 13.5. The fourth-order valence-electron chi connectivity index (χ4n) is 3.42. The summed E-state index contributed by atoms with van der Waals surface area (Å²) in [5.74, 6) is 0.819. The van der Waals surface area contributed by atoms with E-state index in [0.717, 1.165) is 5.69 Å². The molecule has 1 saturated heterocycles. The van der Waals surface area contributed by atoms with Crippen molar-refractivity contribution < 1.29 is 9.47 Å². The summed E-state index contributed by atoms with van der Waals surface area (Å²) in [6.45, 7) is 7.83. The van der Waals surface area contributed by atoms with Crippen molar-refractivity contribution in [3.63, 3.8) is 0 Å². The lowest BCUT2D eigenvalue weighted by molar-refractivity contribution is 0.0474. The molecule has 2 heterocycles. The lowest BCUT2D eigenvalue weighted by Crippen LogP contribution is -2.35. The van der Waals surface area contributed by atoms with E-state index >= 15 is 0 Å². The Hall–Kier alpha value is -0.620. The van der Waals surface area contributed by atoms with E-state index in [1.807, 2.05) is 11.7 Å². The summed E-state index contributed by atoms with van der Waals surface area (Å²) in [5.41, 5.74) is 1.03. The number of methoxy groups -OCH3 is 1. The van der Waals surface area contributed by atoms with Gasteiger partial charge < -0.3 is 14.8 Å². The molecule has 0 spiro atoms. The van der Waals surface area contributed by atoms with Crippen molar-refractivity contribution >= 4 is 11.6 Å². The zero-order valence-corrected chi connectivity index (χ0v) is 14.2.